The molecule has 1 fully saturated rings. The van der Waals surface area contributed by atoms with E-state index in [1.54, 1.807) is 24.3 Å². The third kappa shape index (κ3) is 2.36. The van der Waals surface area contributed by atoms with E-state index in [9.17, 15) is 9.59 Å². The average molecular weight is 260 g/mol. The zero-order valence-corrected chi connectivity index (χ0v) is 10.3. The first-order valence-corrected chi connectivity index (χ1v) is 5.66. The third-order valence-corrected chi connectivity index (χ3v) is 2.98. The van der Waals surface area contributed by atoms with Crippen LogP contribution in [-0.2, 0) is 14.3 Å². The van der Waals surface area contributed by atoms with Crippen LogP contribution in [0.25, 0.3) is 10.4 Å². The van der Waals surface area contributed by atoms with E-state index in [2.05, 4.69) is 10.0 Å². The number of rotatable bonds is 4. The number of amides is 1. The van der Waals surface area contributed by atoms with E-state index < -0.39 is 18.1 Å². The predicted octanol–water partition coefficient (Wildman–Crippen LogP) is 1.42. The summed E-state index contributed by atoms with van der Waals surface area (Å²) in [6, 6.07) is 7.36. The topological polar surface area (TPSA) is 95.4 Å². The van der Waals surface area contributed by atoms with Crippen LogP contribution in [0.15, 0.2) is 35.4 Å². The quantitative estimate of drug-likeness (QED) is 0.269. The fourth-order valence-corrected chi connectivity index (χ4v) is 2.00. The summed E-state index contributed by atoms with van der Waals surface area (Å²) in [7, 11) is 1.27. The molecule has 0 radical (unpaired) electrons. The lowest BCUT2D eigenvalue weighted by Gasteiger charge is -2.40. The van der Waals surface area contributed by atoms with Crippen LogP contribution >= 0.6 is 0 Å². The molecule has 1 amide bonds. The van der Waals surface area contributed by atoms with Crippen LogP contribution < -0.4 is 0 Å². The van der Waals surface area contributed by atoms with Gasteiger partial charge in [-0.05, 0) is 11.1 Å². The molecule has 0 aliphatic carbocycles. The van der Waals surface area contributed by atoms with E-state index >= 15 is 0 Å². The maximum Gasteiger partial charge on any atom is 0.333 e. The molecule has 2 atom stereocenters. The van der Waals surface area contributed by atoms with Crippen molar-refractivity contribution >= 4 is 11.9 Å². The first-order valence-electron chi connectivity index (χ1n) is 5.66. The molecule has 0 saturated carbocycles. The average Bonchev–Trinajstić information content (AvgIpc) is 2.46. The smallest absolute Gasteiger partial charge is 0.333 e. The van der Waals surface area contributed by atoms with Crippen LogP contribution in [0.4, 0.5) is 0 Å². The molecule has 19 heavy (non-hydrogen) atoms. The van der Waals surface area contributed by atoms with Crippen molar-refractivity contribution in [3.05, 3.63) is 46.3 Å². The van der Waals surface area contributed by atoms with Crippen molar-refractivity contribution in [1.82, 2.24) is 4.90 Å². The summed E-state index contributed by atoms with van der Waals surface area (Å²) in [5.74, 6) is -0.879. The standard InChI is InChI=1S/C12H12N4O3/c1-19-12(18)10(8-5-3-2-4-6-8)16-7-9(11(16)17)14-15-13/h2-6,9-10H,7H2,1H3. The van der Waals surface area contributed by atoms with Gasteiger partial charge in [-0.2, -0.15) is 0 Å². The van der Waals surface area contributed by atoms with Crippen molar-refractivity contribution in [3.8, 4) is 0 Å². The number of esters is 1. The number of carbonyl (C=O) groups excluding carboxylic acids is 2. The van der Waals surface area contributed by atoms with E-state index in [0.717, 1.165) is 0 Å². The summed E-state index contributed by atoms with van der Waals surface area (Å²) in [5.41, 5.74) is 8.98. The number of likely N-dealkylation sites (tertiary alicyclic amines) is 1. The van der Waals surface area contributed by atoms with E-state index in [-0.39, 0.29) is 12.5 Å². The fourth-order valence-electron chi connectivity index (χ4n) is 2.00. The molecule has 7 heteroatoms. The maximum atomic E-state index is 11.8. The summed E-state index contributed by atoms with van der Waals surface area (Å²) in [5, 5.41) is 3.36. The molecule has 1 aromatic rings. The fraction of sp³-hybridized carbons (Fsp3) is 0.333. The summed E-state index contributed by atoms with van der Waals surface area (Å²) in [6.07, 6.45) is 0. The Bertz CT molecular complexity index is 539. The molecule has 98 valence electrons. The lowest BCUT2D eigenvalue weighted by atomic mass is 9.99. The lowest BCUT2D eigenvalue weighted by Crippen LogP contribution is -2.58. The van der Waals surface area contributed by atoms with Gasteiger partial charge < -0.3 is 9.64 Å². The van der Waals surface area contributed by atoms with Gasteiger partial charge in [0, 0.05) is 11.5 Å². The largest absolute Gasteiger partial charge is 0.467 e. The Morgan fingerprint density at radius 1 is 1.53 bits per heavy atom. The van der Waals surface area contributed by atoms with Crippen LogP contribution in [-0.4, -0.2) is 36.5 Å². The number of hydrogen-bond acceptors (Lipinski definition) is 4. The molecule has 1 heterocycles. The summed E-state index contributed by atoms with van der Waals surface area (Å²) < 4.78 is 4.73. The van der Waals surface area contributed by atoms with Crippen molar-refractivity contribution in [2.24, 2.45) is 5.11 Å². The van der Waals surface area contributed by atoms with Crippen LogP contribution in [0, 0.1) is 0 Å². The monoisotopic (exact) mass is 260 g/mol. The van der Waals surface area contributed by atoms with Crippen LogP contribution in [0.3, 0.4) is 0 Å². The first-order chi connectivity index (χ1) is 9.19. The van der Waals surface area contributed by atoms with Crippen LogP contribution in [0.5, 0.6) is 0 Å². The van der Waals surface area contributed by atoms with Gasteiger partial charge in [0.05, 0.1) is 7.11 Å². The van der Waals surface area contributed by atoms with Crippen molar-refractivity contribution < 1.29 is 14.3 Å². The Kier molecular flexibility index (Phi) is 3.68. The van der Waals surface area contributed by atoms with Gasteiger partial charge in [-0.3, -0.25) is 4.79 Å². The molecule has 0 spiro atoms. The van der Waals surface area contributed by atoms with Gasteiger partial charge in [-0.25, -0.2) is 4.79 Å². The molecular weight excluding hydrogens is 248 g/mol. The van der Waals surface area contributed by atoms with Gasteiger partial charge >= 0.3 is 5.97 Å². The Morgan fingerprint density at radius 2 is 2.21 bits per heavy atom. The molecule has 0 aromatic heterocycles. The number of β-lactam (4-membered cyclic amide) rings is 1. The number of azide groups is 1. The van der Waals surface area contributed by atoms with Gasteiger partial charge in [0.2, 0.25) is 5.91 Å². The summed E-state index contributed by atoms with van der Waals surface area (Å²) in [6.45, 7) is 0.220. The zero-order chi connectivity index (χ0) is 13.8. The van der Waals surface area contributed by atoms with Gasteiger partial charge in [0.15, 0.2) is 6.04 Å². The van der Waals surface area contributed by atoms with E-state index in [4.69, 9.17) is 10.3 Å². The minimum absolute atomic E-state index is 0.220. The molecule has 2 unspecified atom stereocenters. The molecule has 0 N–H and O–H groups in total. The Labute approximate surface area is 109 Å². The molecule has 0 bridgehead atoms. The minimum Gasteiger partial charge on any atom is -0.467 e. The van der Waals surface area contributed by atoms with Crippen LogP contribution in [0.1, 0.15) is 11.6 Å². The number of methoxy groups -OCH3 is 1. The zero-order valence-electron chi connectivity index (χ0n) is 10.3. The number of benzene rings is 1. The van der Waals surface area contributed by atoms with Crippen molar-refractivity contribution in [2.75, 3.05) is 13.7 Å². The Hall–Kier alpha value is -2.53. The number of carbonyl (C=O) groups is 2. The number of hydrogen-bond donors (Lipinski definition) is 0. The second-order valence-electron chi connectivity index (χ2n) is 4.05. The van der Waals surface area contributed by atoms with Crippen molar-refractivity contribution in [2.45, 2.75) is 12.1 Å². The summed E-state index contributed by atoms with van der Waals surface area (Å²) >= 11 is 0. The third-order valence-electron chi connectivity index (χ3n) is 2.98. The highest BCUT2D eigenvalue weighted by Gasteiger charge is 2.44. The van der Waals surface area contributed by atoms with Crippen LogP contribution in [0.2, 0.25) is 0 Å². The lowest BCUT2D eigenvalue weighted by molar-refractivity contribution is -0.160. The Balaban J connectivity index is 2.24. The molecule has 1 aliphatic heterocycles. The van der Waals surface area contributed by atoms with E-state index in [1.165, 1.54) is 12.0 Å². The predicted molar refractivity (Wildman–Crippen MR) is 65.8 cm³/mol. The SMILES string of the molecule is COC(=O)C(c1ccccc1)N1CC(N=[N+]=[N-])C1=O. The molecular formula is C12H12N4O3. The van der Waals surface area contributed by atoms with Crippen molar-refractivity contribution in [1.29, 1.82) is 0 Å². The van der Waals surface area contributed by atoms with Gasteiger partial charge in [-0.15, -0.1) is 0 Å². The molecule has 1 saturated heterocycles. The van der Waals surface area contributed by atoms with Gasteiger partial charge in [0.25, 0.3) is 0 Å². The highest BCUT2D eigenvalue weighted by Crippen LogP contribution is 2.29. The molecule has 1 aromatic carbocycles. The Morgan fingerprint density at radius 3 is 2.74 bits per heavy atom. The molecule has 2 rings (SSSR count). The number of ether oxygens (including phenoxy) is 1. The normalized spacial score (nSPS) is 19.1. The van der Waals surface area contributed by atoms with E-state index in [0.29, 0.717) is 5.56 Å². The van der Waals surface area contributed by atoms with E-state index in [1.807, 2.05) is 6.07 Å². The molecule has 1 aliphatic rings. The first kappa shape index (κ1) is 12.9. The number of nitrogens with zero attached hydrogens (tertiary/aromatic N) is 4. The second-order valence-corrected chi connectivity index (χ2v) is 4.05. The second kappa shape index (κ2) is 5.41. The maximum absolute atomic E-state index is 11.8. The highest BCUT2D eigenvalue weighted by atomic mass is 16.5. The summed E-state index contributed by atoms with van der Waals surface area (Å²) in [4.78, 5) is 27.6. The molecule has 7 nitrogen and oxygen atoms in total. The minimum atomic E-state index is -0.788. The van der Waals surface area contributed by atoms with Crippen molar-refractivity contribution in [3.63, 3.8) is 0 Å². The van der Waals surface area contributed by atoms with Gasteiger partial charge in [0.1, 0.15) is 6.04 Å². The highest BCUT2D eigenvalue weighted by molar-refractivity contribution is 5.93. The van der Waals surface area contributed by atoms with Gasteiger partial charge in [-0.1, -0.05) is 35.4 Å².